The topological polar surface area (TPSA) is 107 Å². The van der Waals surface area contributed by atoms with Crippen LogP contribution in [0.3, 0.4) is 0 Å². The van der Waals surface area contributed by atoms with E-state index >= 15 is 0 Å². The fraction of sp³-hybridized carbons (Fsp3) is 0.167. The maximum Gasteiger partial charge on any atom is 0.285 e. The van der Waals surface area contributed by atoms with E-state index in [0.29, 0.717) is 16.6 Å². The SMILES string of the molecule is Cc1ccc(Cc2cnc(NC(=O)Cn3cc([N+](=O)[O-])ccc3=O)s2)cc1Cl. The van der Waals surface area contributed by atoms with Crippen molar-refractivity contribution < 1.29 is 9.72 Å². The highest BCUT2D eigenvalue weighted by atomic mass is 35.5. The van der Waals surface area contributed by atoms with Crippen molar-refractivity contribution in [3.8, 4) is 0 Å². The number of anilines is 1. The van der Waals surface area contributed by atoms with Crippen molar-refractivity contribution in [2.45, 2.75) is 19.9 Å². The third-order valence-corrected chi connectivity index (χ3v) is 5.23. The van der Waals surface area contributed by atoms with Crippen molar-refractivity contribution in [3.05, 3.63) is 84.2 Å². The molecule has 0 aliphatic heterocycles. The molecule has 144 valence electrons. The molecule has 0 saturated heterocycles. The molecule has 0 bridgehead atoms. The Kier molecular flexibility index (Phi) is 5.86. The maximum atomic E-state index is 12.2. The van der Waals surface area contributed by atoms with Crippen LogP contribution in [0.1, 0.15) is 16.0 Å². The number of pyridine rings is 1. The Morgan fingerprint density at radius 1 is 1.36 bits per heavy atom. The molecule has 1 aromatic carbocycles. The number of nitro groups is 1. The lowest BCUT2D eigenvalue weighted by atomic mass is 10.1. The average molecular weight is 419 g/mol. The minimum atomic E-state index is -0.627. The molecule has 3 aromatic rings. The molecule has 0 saturated carbocycles. The molecule has 0 spiro atoms. The number of hydrogen-bond acceptors (Lipinski definition) is 6. The van der Waals surface area contributed by atoms with Crippen molar-refractivity contribution in [1.82, 2.24) is 9.55 Å². The van der Waals surface area contributed by atoms with E-state index in [1.807, 2.05) is 25.1 Å². The number of thiazole rings is 1. The van der Waals surface area contributed by atoms with Gasteiger partial charge in [0.2, 0.25) is 5.91 Å². The Morgan fingerprint density at radius 2 is 2.14 bits per heavy atom. The molecule has 1 N–H and O–H groups in total. The van der Waals surface area contributed by atoms with E-state index in [1.54, 1.807) is 6.20 Å². The summed E-state index contributed by atoms with van der Waals surface area (Å²) in [7, 11) is 0. The number of aromatic nitrogens is 2. The van der Waals surface area contributed by atoms with Crippen molar-refractivity contribution in [2.24, 2.45) is 0 Å². The molecule has 2 heterocycles. The summed E-state index contributed by atoms with van der Waals surface area (Å²) in [5.41, 5.74) is 1.26. The summed E-state index contributed by atoms with van der Waals surface area (Å²) < 4.78 is 0.982. The van der Waals surface area contributed by atoms with E-state index in [-0.39, 0.29) is 12.2 Å². The van der Waals surface area contributed by atoms with Crippen LogP contribution in [-0.4, -0.2) is 20.4 Å². The van der Waals surface area contributed by atoms with Crippen LogP contribution in [0.2, 0.25) is 5.02 Å². The summed E-state index contributed by atoms with van der Waals surface area (Å²) in [5, 5.41) is 14.5. The number of aryl methyl sites for hydroxylation is 1. The zero-order valence-electron chi connectivity index (χ0n) is 14.7. The van der Waals surface area contributed by atoms with E-state index in [4.69, 9.17) is 11.6 Å². The van der Waals surface area contributed by atoms with Crippen molar-refractivity contribution >= 4 is 39.7 Å². The van der Waals surface area contributed by atoms with Crippen LogP contribution in [0, 0.1) is 17.0 Å². The Hall–Kier alpha value is -3.04. The minimum Gasteiger partial charge on any atom is -0.300 e. The quantitative estimate of drug-likeness (QED) is 0.487. The van der Waals surface area contributed by atoms with E-state index in [9.17, 15) is 19.7 Å². The molecule has 0 aliphatic rings. The summed E-state index contributed by atoms with van der Waals surface area (Å²) >= 11 is 7.44. The van der Waals surface area contributed by atoms with Crippen LogP contribution in [0.15, 0.2) is 47.5 Å². The van der Waals surface area contributed by atoms with Gasteiger partial charge in [-0.3, -0.25) is 24.3 Å². The molecule has 0 aliphatic carbocycles. The second-order valence-electron chi connectivity index (χ2n) is 6.05. The highest BCUT2D eigenvalue weighted by molar-refractivity contribution is 7.15. The zero-order chi connectivity index (χ0) is 20.3. The zero-order valence-corrected chi connectivity index (χ0v) is 16.3. The van der Waals surface area contributed by atoms with Gasteiger partial charge in [0.05, 0.1) is 11.1 Å². The second kappa shape index (κ2) is 8.32. The normalized spacial score (nSPS) is 10.6. The summed E-state index contributed by atoms with van der Waals surface area (Å²) in [6.45, 7) is 1.59. The van der Waals surface area contributed by atoms with Gasteiger partial charge >= 0.3 is 0 Å². The maximum absolute atomic E-state index is 12.2. The Labute approximate surface area is 168 Å². The number of nitrogens with zero attached hydrogens (tertiary/aromatic N) is 3. The first-order chi connectivity index (χ1) is 13.3. The van der Waals surface area contributed by atoms with Gasteiger partial charge in [-0.25, -0.2) is 4.98 Å². The Morgan fingerprint density at radius 3 is 2.86 bits per heavy atom. The summed E-state index contributed by atoms with van der Waals surface area (Å²) in [6.07, 6.45) is 3.32. The largest absolute Gasteiger partial charge is 0.300 e. The molecule has 28 heavy (non-hydrogen) atoms. The number of nitrogens with one attached hydrogen (secondary N) is 1. The van der Waals surface area contributed by atoms with Crippen molar-refractivity contribution in [3.63, 3.8) is 0 Å². The standard InChI is InChI=1S/C18H15ClN4O4S/c1-11-2-3-12(7-15(11)19)6-14-8-20-18(28-14)21-16(24)10-22-9-13(23(26)27)4-5-17(22)25/h2-5,7-9H,6,10H2,1H3,(H,20,21,24). The fourth-order valence-electron chi connectivity index (χ4n) is 2.46. The van der Waals surface area contributed by atoms with Crippen LogP contribution >= 0.6 is 22.9 Å². The molecule has 0 atom stereocenters. The Balaban J connectivity index is 1.65. The van der Waals surface area contributed by atoms with E-state index in [0.717, 1.165) is 38.9 Å². The average Bonchev–Trinajstić information content (AvgIpc) is 3.06. The monoisotopic (exact) mass is 418 g/mol. The number of amides is 1. The van der Waals surface area contributed by atoms with Gasteiger partial charge in [-0.05, 0) is 24.1 Å². The third kappa shape index (κ3) is 4.81. The van der Waals surface area contributed by atoms with Gasteiger partial charge in [-0.1, -0.05) is 23.7 Å². The molecular formula is C18H15ClN4O4S. The molecule has 10 heteroatoms. The minimum absolute atomic E-state index is 0.263. The predicted molar refractivity (Wildman–Crippen MR) is 107 cm³/mol. The van der Waals surface area contributed by atoms with Gasteiger partial charge in [0, 0.05) is 34.7 Å². The van der Waals surface area contributed by atoms with Crippen LogP contribution < -0.4 is 10.9 Å². The smallest absolute Gasteiger partial charge is 0.285 e. The summed E-state index contributed by atoms with van der Waals surface area (Å²) in [4.78, 5) is 39.2. The number of rotatable bonds is 6. The first-order valence-electron chi connectivity index (χ1n) is 8.16. The van der Waals surface area contributed by atoms with Gasteiger partial charge in [0.25, 0.3) is 11.2 Å². The van der Waals surface area contributed by atoms with Crippen LogP contribution in [0.5, 0.6) is 0 Å². The molecular weight excluding hydrogens is 404 g/mol. The number of carbonyl (C=O) groups excluding carboxylic acids is 1. The lowest BCUT2D eigenvalue weighted by Gasteiger charge is -2.05. The molecule has 0 fully saturated rings. The molecule has 8 nitrogen and oxygen atoms in total. The first kappa shape index (κ1) is 19.7. The van der Waals surface area contributed by atoms with Crippen LogP contribution in [0.25, 0.3) is 0 Å². The third-order valence-electron chi connectivity index (χ3n) is 3.91. The lowest BCUT2D eigenvalue weighted by Crippen LogP contribution is -2.26. The predicted octanol–water partition coefficient (Wildman–Crippen LogP) is 3.40. The van der Waals surface area contributed by atoms with E-state index in [2.05, 4.69) is 10.3 Å². The molecule has 1 amide bonds. The van der Waals surface area contributed by atoms with Gasteiger partial charge in [-0.15, -0.1) is 11.3 Å². The second-order valence-corrected chi connectivity index (χ2v) is 7.57. The van der Waals surface area contributed by atoms with Crippen molar-refractivity contribution in [2.75, 3.05) is 5.32 Å². The molecule has 3 rings (SSSR count). The molecule has 0 unspecified atom stereocenters. The molecule has 2 aromatic heterocycles. The summed E-state index contributed by atoms with van der Waals surface area (Å²) in [6, 6.07) is 7.97. The number of benzene rings is 1. The van der Waals surface area contributed by atoms with Gasteiger partial charge < -0.3 is 5.32 Å². The van der Waals surface area contributed by atoms with Crippen LogP contribution in [0.4, 0.5) is 10.8 Å². The highest BCUT2D eigenvalue weighted by Crippen LogP contribution is 2.24. The highest BCUT2D eigenvalue weighted by Gasteiger charge is 2.12. The van der Waals surface area contributed by atoms with E-state index < -0.39 is 16.4 Å². The summed E-state index contributed by atoms with van der Waals surface area (Å²) in [5.74, 6) is -0.498. The Bertz CT molecular complexity index is 1110. The van der Waals surface area contributed by atoms with Crippen LogP contribution in [-0.2, 0) is 17.8 Å². The number of carbonyl (C=O) groups is 1. The van der Waals surface area contributed by atoms with Gasteiger partial charge in [0.15, 0.2) is 5.13 Å². The van der Waals surface area contributed by atoms with Gasteiger partial charge in [0.1, 0.15) is 6.54 Å². The van der Waals surface area contributed by atoms with E-state index in [1.165, 1.54) is 11.3 Å². The first-order valence-corrected chi connectivity index (χ1v) is 9.36. The van der Waals surface area contributed by atoms with Crippen molar-refractivity contribution in [1.29, 1.82) is 0 Å². The number of hydrogen-bond donors (Lipinski definition) is 1. The van der Waals surface area contributed by atoms with Gasteiger partial charge in [-0.2, -0.15) is 0 Å². The molecule has 0 radical (unpaired) electrons. The fourth-order valence-corrected chi connectivity index (χ4v) is 3.52. The number of halogens is 1. The lowest BCUT2D eigenvalue weighted by molar-refractivity contribution is -0.385.